The van der Waals surface area contributed by atoms with Crippen LogP contribution < -0.4 is 10.2 Å². The molecule has 0 spiro atoms. The first-order chi connectivity index (χ1) is 14.3. The molecule has 3 amide bonds. The number of H-pyrrole nitrogens is 2. The molecule has 1 fully saturated rings. The molecule has 0 radical (unpaired) electrons. The van der Waals surface area contributed by atoms with E-state index >= 15 is 0 Å². The summed E-state index contributed by atoms with van der Waals surface area (Å²) in [5.41, 5.74) is 1.80. The molecule has 0 bridgehead atoms. The minimum Gasteiger partial charge on any atom is -0.363 e. The molecule has 1 unspecified atom stereocenters. The second kappa shape index (κ2) is 10.5. The standard InChI is InChI=1S/C20H28N6O4.ClH/c1-24(2)6-5-7-25(3)19(28)16-9-14(11-22-16)26(4)20(29)15-8-13(10-21-15)23-18(27)17-12-30-17;/h8-11,17,21-22H,5-7,12H2,1-4H3,(H,23,27);1H. The van der Waals surface area contributed by atoms with E-state index in [4.69, 9.17) is 4.74 Å². The highest BCUT2D eigenvalue weighted by Crippen LogP contribution is 2.20. The van der Waals surface area contributed by atoms with Crippen LogP contribution in [-0.2, 0) is 9.53 Å². The first-order valence-corrected chi connectivity index (χ1v) is 9.74. The molecule has 0 aromatic carbocycles. The average Bonchev–Trinajstić information content (AvgIpc) is 3.27. The van der Waals surface area contributed by atoms with Gasteiger partial charge < -0.3 is 34.7 Å². The van der Waals surface area contributed by atoms with Gasteiger partial charge in [0.1, 0.15) is 11.4 Å². The van der Waals surface area contributed by atoms with E-state index in [9.17, 15) is 14.4 Å². The molecule has 1 atom stereocenters. The molecule has 1 aliphatic rings. The molecular weight excluding hydrogens is 424 g/mol. The molecule has 31 heavy (non-hydrogen) atoms. The molecule has 3 heterocycles. The predicted molar refractivity (Wildman–Crippen MR) is 120 cm³/mol. The van der Waals surface area contributed by atoms with E-state index in [2.05, 4.69) is 20.2 Å². The summed E-state index contributed by atoms with van der Waals surface area (Å²) in [4.78, 5) is 48.0. The Labute approximate surface area is 187 Å². The van der Waals surface area contributed by atoms with Gasteiger partial charge in [-0.3, -0.25) is 14.4 Å². The number of halogens is 1. The number of rotatable bonds is 9. The first kappa shape index (κ1) is 24.4. The average molecular weight is 453 g/mol. The van der Waals surface area contributed by atoms with Crippen LogP contribution in [0.15, 0.2) is 24.5 Å². The van der Waals surface area contributed by atoms with Gasteiger partial charge in [0, 0.05) is 33.0 Å². The van der Waals surface area contributed by atoms with Gasteiger partial charge in [-0.1, -0.05) is 0 Å². The third-order valence-corrected chi connectivity index (χ3v) is 4.84. The van der Waals surface area contributed by atoms with Gasteiger partial charge in [-0.05, 0) is 39.2 Å². The zero-order valence-corrected chi connectivity index (χ0v) is 18.9. The van der Waals surface area contributed by atoms with Crippen molar-refractivity contribution in [1.29, 1.82) is 0 Å². The van der Waals surface area contributed by atoms with Gasteiger partial charge in [0.2, 0.25) is 0 Å². The van der Waals surface area contributed by atoms with Gasteiger partial charge in [-0.25, -0.2) is 0 Å². The highest BCUT2D eigenvalue weighted by Gasteiger charge is 2.31. The number of hydrogen-bond acceptors (Lipinski definition) is 5. The third kappa shape index (κ3) is 6.33. The van der Waals surface area contributed by atoms with Crippen molar-refractivity contribution in [1.82, 2.24) is 19.8 Å². The SMILES string of the molecule is CN(C)CCCN(C)C(=O)c1cc(N(C)C(=O)c2cc(NC(=O)C3CO3)c[nH]2)c[nH]1.Cl. The van der Waals surface area contributed by atoms with Crippen molar-refractivity contribution in [3.63, 3.8) is 0 Å². The maximum atomic E-state index is 12.8. The van der Waals surface area contributed by atoms with E-state index in [0.717, 1.165) is 13.0 Å². The zero-order valence-electron chi connectivity index (χ0n) is 18.1. The number of anilines is 2. The second-order valence-electron chi connectivity index (χ2n) is 7.63. The Morgan fingerprint density at radius 1 is 1.03 bits per heavy atom. The number of hydrogen-bond donors (Lipinski definition) is 3. The first-order valence-electron chi connectivity index (χ1n) is 9.74. The van der Waals surface area contributed by atoms with E-state index in [1.54, 1.807) is 43.5 Å². The Bertz CT molecular complexity index is 920. The van der Waals surface area contributed by atoms with Gasteiger partial charge >= 0.3 is 0 Å². The lowest BCUT2D eigenvalue weighted by Gasteiger charge is -2.18. The lowest BCUT2D eigenvalue weighted by Crippen LogP contribution is -2.30. The van der Waals surface area contributed by atoms with E-state index in [1.165, 1.54) is 4.90 Å². The maximum absolute atomic E-state index is 12.8. The number of ether oxygens (including phenoxy) is 1. The van der Waals surface area contributed by atoms with Gasteiger partial charge in [0.15, 0.2) is 6.10 Å². The quantitative estimate of drug-likeness (QED) is 0.497. The van der Waals surface area contributed by atoms with Crippen LogP contribution in [0, 0.1) is 0 Å². The summed E-state index contributed by atoms with van der Waals surface area (Å²) in [7, 11) is 7.37. The number of amides is 3. The Hall–Kier alpha value is -2.82. The minimum atomic E-state index is -0.404. The number of aromatic amines is 2. The normalized spacial score (nSPS) is 14.7. The summed E-state index contributed by atoms with van der Waals surface area (Å²) in [6.45, 7) is 1.96. The molecule has 11 heteroatoms. The van der Waals surface area contributed by atoms with Crippen LogP contribution in [0.25, 0.3) is 0 Å². The van der Waals surface area contributed by atoms with Crippen molar-refractivity contribution < 1.29 is 19.1 Å². The summed E-state index contributed by atoms with van der Waals surface area (Å²) in [6, 6.07) is 3.22. The molecule has 3 N–H and O–H groups in total. The fourth-order valence-corrected chi connectivity index (χ4v) is 2.94. The van der Waals surface area contributed by atoms with Crippen LogP contribution in [0.3, 0.4) is 0 Å². The largest absolute Gasteiger partial charge is 0.363 e. The molecule has 10 nitrogen and oxygen atoms in total. The Morgan fingerprint density at radius 3 is 2.32 bits per heavy atom. The number of aromatic nitrogens is 2. The van der Waals surface area contributed by atoms with E-state index in [1.807, 2.05) is 14.1 Å². The third-order valence-electron chi connectivity index (χ3n) is 4.84. The lowest BCUT2D eigenvalue weighted by atomic mass is 10.3. The molecule has 170 valence electrons. The fourth-order valence-electron chi connectivity index (χ4n) is 2.94. The highest BCUT2D eigenvalue weighted by atomic mass is 35.5. The van der Waals surface area contributed by atoms with Crippen LogP contribution in [0.4, 0.5) is 11.4 Å². The number of carbonyl (C=O) groups is 3. The molecule has 0 saturated carbocycles. The number of nitrogens with zero attached hydrogens (tertiary/aromatic N) is 3. The van der Waals surface area contributed by atoms with Crippen LogP contribution in [-0.4, -0.2) is 91.5 Å². The molecular formula is C20H29ClN6O4. The van der Waals surface area contributed by atoms with Gasteiger partial charge in [-0.2, -0.15) is 0 Å². The van der Waals surface area contributed by atoms with Crippen LogP contribution in [0.5, 0.6) is 0 Å². The topological polar surface area (TPSA) is 117 Å². The smallest absolute Gasteiger partial charge is 0.274 e. The zero-order chi connectivity index (χ0) is 21.8. The van der Waals surface area contributed by atoms with Crippen LogP contribution in [0.1, 0.15) is 27.4 Å². The summed E-state index contributed by atoms with van der Waals surface area (Å²) >= 11 is 0. The Balaban J connectivity index is 0.00000341. The van der Waals surface area contributed by atoms with Crippen molar-refractivity contribution in [3.05, 3.63) is 35.9 Å². The van der Waals surface area contributed by atoms with Crippen LogP contribution in [0.2, 0.25) is 0 Å². The van der Waals surface area contributed by atoms with E-state index in [0.29, 0.717) is 35.9 Å². The summed E-state index contributed by atoms with van der Waals surface area (Å²) < 4.78 is 4.93. The molecule has 0 aliphatic carbocycles. The van der Waals surface area contributed by atoms with Gasteiger partial charge in [-0.15, -0.1) is 12.4 Å². The maximum Gasteiger partial charge on any atom is 0.274 e. The van der Waals surface area contributed by atoms with Crippen molar-refractivity contribution in [3.8, 4) is 0 Å². The number of epoxide rings is 1. The number of nitrogens with one attached hydrogen (secondary N) is 3. The Kier molecular flexibility index (Phi) is 8.26. The van der Waals surface area contributed by atoms with Gasteiger partial charge in [0.05, 0.1) is 18.0 Å². The monoisotopic (exact) mass is 452 g/mol. The fraction of sp³-hybridized carbons (Fsp3) is 0.450. The highest BCUT2D eigenvalue weighted by molar-refractivity contribution is 6.06. The number of carbonyl (C=O) groups excluding carboxylic acids is 3. The summed E-state index contributed by atoms with van der Waals surface area (Å²) in [5, 5.41) is 2.69. The minimum absolute atomic E-state index is 0. The van der Waals surface area contributed by atoms with Crippen LogP contribution >= 0.6 is 12.4 Å². The summed E-state index contributed by atoms with van der Waals surface area (Å²) in [6.07, 6.45) is 3.64. The Morgan fingerprint density at radius 2 is 1.68 bits per heavy atom. The van der Waals surface area contributed by atoms with Crippen molar-refractivity contribution in [2.24, 2.45) is 0 Å². The molecule has 2 aromatic heterocycles. The predicted octanol–water partition coefficient (Wildman–Crippen LogP) is 1.40. The molecule has 2 aromatic rings. The van der Waals surface area contributed by atoms with Crippen molar-refractivity contribution in [2.75, 3.05) is 58.1 Å². The molecule has 3 rings (SSSR count). The van der Waals surface area contributed by atoms with Gasteiger partial charge in [0.25, 0.3) is 17.7 Å². The second-order valence-corrected chi connectivity index (χ2v) is 7.63. The lowest BCUT2D eigenvalue weighted by molar-refractivity contribution is -0.117. The van der Waals surface area contributed by atoms with Crippen molar-refractivity contribution in [2.45, 2.75) is 12.5 Å². The van der Waals surface area contributed by atoms with E-state index in [-0.39, 0.29) is 30.1 Å². The summed E-state index contributed by atoms with van der Waals surface area (Å²) in [5.74, 6) is -0.659. The molecule has 1 aliphatic heterocycles. The van der Waals surface area contributed by atoms with E-state index < -0.39 is 6.10 Å². The van der Waals surface area contributed by atoms with Crippen molar-refractivity contribution >= 4 is 41.5 Å². The molecule has 1 saturated heterocycles.